The molecule has 0 bridgehead atoms. The molecule has 1 atom stereocenters. The van der Waals surface area contributed by atoms with Gasteiger partial charge in [-0.1, -0.05) is 19.4 Å². The number of fused-ring (bicyclic) bond motifs is 1. The largest absolute Gasteiger partial charge is 0.480 e. The molecule has 6 heteroatoms. The molecule has 0 spiro atoms. The molecule has 1 amide bonds. The number of aryl methyl sites for hydroxylation is 2. The molecule has 0 unspecified atom stereocenters. The lowest BCUT2D eigenvalue weighted by atomic mass is 10.0. The maximum Gasteiger partial charge on any atom is 0.336 e. The molecule has 152 valence electrons. The number of carbonyl (C=O) groups excluding carboxylic acids is 1. The molecule has 6 nitrogen and oxygen atoms in total. The Kier molecular flexibility index (Phi) is 6.65. The number of aromatic nitrogens is 1. The van der Waals surface area contributed by atoms with E-state index in [4.69, 9.17) is 9.15 Å². The van der Waals surface area contributed by atoms with Crippen LogP contribution in [0.15, 0.2) is 51.9 Å². The highest BCUT2D eigenvalue weighted by atomic mass is 16.5. The molecular weight excluding hydrogens is 368 g/mol. The number of nitrogens with one attached hydrogen (secondary N) is 1. The van der Waals surface area contributed by atoms with Gasteiger partial charge in [-0.3, -0.25) is 9.78 Å². The lowest BCUT2D eigenvalue weighted by Crippen LogP contribution is -2.36. The van der Waals surface area contributed by atoms with Crippen LogP contribution in [-0.2, 0) is 17.8 Å². The van der Waals surface area contributed by atoms with Crippen molar-refractivity contribution in [3.63, 3.8) is 0 Å². The highest BCUT2D eigenvalue weighted by molar-refractivity contribution is 5.88. The van der Waals surface area contributed by atoms with Gasteiger partial charge in [-0.2, -0.15) is 0 Å². The number of benzene rings is 1. The number of unbranched alkanes of at least 4 members (excludes halogenated alkanes) is 1. The van der Waals surface area contributed by atoms with E-state index in [1.54, 1.807) is 19.3 Å². The second-order valence-electron chi connectivity index (χ2n) is 7.17. The van der Waals surface area contributed by atoms with Crippen LogP contribution in [0.4, 0.5) is 0 Å². The van der Waals surface area contributed by atoms with Crippen LogP contribution in [0.5, 0.6) is 5.75 Å². The normalized spacial score (nSPS) is 12.0. The average Bonchev–Trinajstić information content (AvgIpc) is 2.70. The Bertz CT molecular complexity index is 1040. The Balaban J connectivity index is 1.84. The fraction of sp³-hybridized carbons (Fsp3) is 0.348. The molecule has 0 radical (unpaired) electrons. The summed E-state index contributed by atoms with van der Waals surface area (Å²) in [6, 6.07) is 8.95. The van der Waals surface area contributed by atoms with Gasteiger partial charge in [0.2, 0.25) is 0 Å². The molecular formula is C23H26N2O4. The highest BCUT2D eigenvalue weighted by Crippen LogP contribution is 2.31. The minimum Gasteiger partial charge on any atom is -0.480 e. The van der Waals surface area contributed by atoms with E-state index in [0.29, 0.717) is 17.9 Å². The molecule has 0 saturated heterocycles. The second-order valence-corrected chi connectivity index (χ2v) is 7.17. The van der Waals surface area contributed by atoms with Gasteiger partial charge in [0.1, 0.15) is 11.3 Å². The van der Waals surface area contributed by atoms with Gasteiger partial charge in [-0.25, -0.2) is 4.79 Å². The van der Waals surface area contributed by atoms with Crippen LogP contribution in [-0.4, -0.2) is 17.0 Å². The third kappa shape index (κ3) is 5.22. The Morgan fingerprint density at radius 2 is 2.14 bits per heavy atom. The second kappa shape index (κ2) is 9.37. The first-order valence-corrected chi connectivity index (χ1v) is 9.88. The fourth-order valence-electron chi connectivity index (χ4n) is 3.21. The summed E-state index contributed by atoms with van der Waals surface area (Å²) in [5, 5.41) is 3.62. The van der Waals surface area contributed by atoms with Crippen molar-refractivity contribution in [2.75, 3.05) is 0 Å². The van der Waals surface area contributed by atoms with Crippen LogP contribution >= 0.6 is 0 Å². The van der Waals surface area contributed by atoms with Crippen LogP contribution in [0.3, 0.4) is 0 Å². The summed E-state index contributed by atoms with van der Waals surface area (Å²) in [5.74, 6) is 0.329. The Morgan fingerprint density at radius 1 is 1.31 bits per heavy atom. The number of ether oxygens (including phenoxy) is 1. The van der Waals surface area contributed by atoms with Crippen molar-refractivity contribution in [2.45, 2.75) is 52.7 Å². The van der Waals surface area contributed by atoms with Crippen molar-refractivity contribution >= 4 is 16.9 Å². The van der Waals surface area contributed by atoms with E-state index >= 15 is 0 Å². The fourth-order valence-corrected chi connectivity index (χ4v) is 3.21. The number of amides is 1. The van der Waals surface area contributed by atoms with E-state index in [-0.39, 0.29) is 11.5 Å². The molecule has 0 saturated carbocycles. The average molecular weight is 394 g/mol. The molecule has 3 rings (SSSR count). The van der Waals surface area contributed by atoms with E-state index in [2.05, 4.69) is 17.2 Å². The quantitative estimate of drug-likeness (QED) is 0.586. The standard InChI is InChI=1S/C23H26N2O4/c1-4-5-8-18-12-21(26)29-20-11-15(2)10-19(22(18)20)28-16(3)23(27)25-14-17-7-6-9-24-13-17/h6-7,9-13,16H,4-5,8,14H2,1-3H3,(H,25,27)/t16-/m1/s1. The van der Waals surface area contributed by atoms with Gasteiger partial charge in [-0.15, -0.1) is 0 Å². The number of hydrogen-bond donors (Lipinski definition) is 1. The van der Waals surface area contributed by atoms with Crippen LogP contribution in [0.25, 0.3) is 11.0 Å². The Hall–Kier alpha value is -3.15. The minimum absolute atomic E-state index is 0.226. The van der Waals surface area contributed by atoms with Crippen LogP contribution in [0, 0.1) is 6.92 Å². The molecule has 29 heavy (non-hydrogen) atoms. The van der Waals surface area contributed by atoms with Crippen LogP contribution in [0.2, 0.25) is 0 Å². The molecule has 3 aromatic rings. The number of carbonyl (C=O) groups is 1. The predicted molar refractivity (Wildman–Crippen MR) is 112 cm³/mol. The van der Waals surface area contributed by atoms with Gasteiger partial charge in [0.15, 0.2) is 6.10 Å². The molecule has 0 fully saturated rings. The van der Waals surface area contributed by atoms with E-state index in [1.165, 1.54) is 6.07 Å². The SMILES string of the molecule is CCCCc1cc(=O)oc2cc(C)cc(O[C@H](C)C(=O)NCc3cccnc3)c12. The topological polar surface area (TPSA) is 81.4 Å². The summed E-state index contributed by atoms with van der Waals surface area (Å²) >= 11 is 0. The monoisotopic (exact) mass is 394 g/mol. The first kappa shape index (κ1) is 20.6. The predicted octanol–water partition coefficient (Wildman–Crippen LogP) is 3.92. The number of rotatable bonds is 8. The van der Waals surface area contributed by atoms with Crippen molar-refractivity contribution < 1.29 is 13.9 Å². The van der Waals surface area contributed by atoms with E-state index in [9.17, 15) is 9.59 Å². The van der Waals surface area contributed by atoms with E-state index in [0.717, 1.165) is 41.3 Å². The summed E-state index contributed by atoms with van der Waals surface area (Å²) in [7, 11) is 0. The third-order valence-electron chi connectivity index (χ3n) is 4.70. The van der Waals surface area contributed by atoms with Gasteiger partial charge in [0, 0.05) is 25.0 Å². The molecule has 0 aliphatic carbocycles. The summed E-state index contributed by atoms with van der Waals surface area (Å²) in [4.78, 5) is 28.5. The molecule has 2 aromatic heterocycles. The number of hydrogen-bond acceptors (Lipinski definition) is 5. The zero-order valence-corrected chi connectivity index (χ0v) is 17.0. The number of pyridine rings is 1. The smallest absolute Gasteiger partial charge is 0.336 e. The van der Waals surface area contributed by atoms with Crippen molar-refractivity contribution in [3.8, 4) is 5.75 Å². The van der Waals surface area contributed by atoms with Gasteiger partial charge >= 0.3 is 5.63 Å². The third-order valence-corrected chi connectivity index (χ3v) is 4.70. The molecule has 1 N–H and O–H groups in total. The highest BCUT2D eigenvalue weighted by Gasteiger charge is 2.19. The van der Waals surface area contributed by atoms with Crippen LogP contribution < -0.4 is 15.7 Å². The van der Waals surface area contributed by atoms with Crippen LogP contribution in [0.1, 0.15) is 43.4 Å². The van der Waals surface area contributed by atoms with Crippen molar-refractivity contribution in [1.29, 1.82) is 0 Å². The lowest BCUT2D eigenvalue weighted by Gasteiger charge is -2.18. The maximum atomic E-state index is 12.5. The summed E-state index contributed by atoms with van der Waals surface area (Å²) in [6.45, 7) is 6.09. The lowest BCUT2D eigenvalue weighted by molar-refractivity contribution is -0.127. The van der Waals surface area contributed by atoms with Gasteiger partial charge in [-0.05, 0) is 61.6 Å². The molecule has 0 aliphatic heterocycles. The molecule has 1 aromatic carbocycles. The first-order valence-electron chi connectivity index (χ1n) is 9.88. The minimum atomic E-state index is -0.706. The maximum absolute atomic E-state index is 12.5. The van der Waals surface area contributed by atoms with E-state index < -0.39 is 6.10 Å². The van der Waals surface area contributed by atoms with Gasteiger partial charge < -0.3 is 14.5 Å². The summed E-state index contributed by atoms with van der Waals surface area (Å²) in [6.07, 6.45) is 5.41. The van der Waals surface area contributed by atoms with Gasteiger partial charge in [0.05, 0.1) is 5.39 Å². The Morgan fingerprint density at radius 3 is 2.86 bits per heavy atom. The summed E-state index contributed by atoms with van der Waals surface area (Å²) < 4.78 is 11.4. The Labute approximate surface area is 169 Å². The molecule has 0 aliphatic rings. The van der Waals surface area contributed by atoms with Crippen molar-refractivity contribution in [1.82, 2.24) is 10.3 Å². The van der Waals surface area contributed by atoms with Crippen molar-refractivity contribution in [2.24, 2.45) is 0 Å². The van der Waals surface area contributed by atoms with Crippen molar-refractivity contribution in [3.05, 3.63) is 69.8 Å². The van der Waals surface area contributed by atoms with Gasteiger partial charge in [0.25, 0.3) is 5.91 Å². The first-order chi connectivity index (χ1) is 14.0. The number of nitrogens with zero attached hydrogens (tertiary/aromatic N) is 1. The zero-order valence-electron chi connectivity index (χ0n) is 17.0. The zero-order chi connectivity index (χ0) is 20.8. The molecule has 2 heterocycles. The summed E-state index contributed by atoms with van der Waals surface area (Å²) in [5.41, 5.74) is 2.81. The van der Waals surface area contributed by atoms with E-state index in [1.807, 2.05) is 31.2 Å².